The van der Waals surface area contributed by atoms with Gasteiger partial charge in [-0.2, -0.15) is 0 Å². The first kappa shape index (κ1) is 12.1. The second-order valence-electron chi connectivity index (χ2n) is 3.94. The van der Waals surface area contributed by atoms with Gasteiger partial charge in [-0.3, -0.25) is 14.7 Å². The van der Waals surface area contributed by atoms with Crippen molar-refractivity contribution >= 4 is 11.4 Å². The Morgan fingerprint density at radius 2 is 2.28 bits per heavy atom. The third-order valence-electron chi connectivity index (χ3n) is 2.68. The molecule has 0 aliphatic heterocycles. The van der Waals surface area contributed by atoms with Crippen molar-refractivity contribution in [2.75, 3.05) is 5.73 Å². The molecule has 2 N–H and O–H groups in total. The summed E-state index contributed by atoms with van der Waals surface area (Å²) in [7, 11) is 0. The van der Waals surface area contributed by atoms with E-state index in [-0.39, 0.29) is 11.4 Å². The average molecular weight is 246 g/mol. The molecule has 0 fully saturated rings. The Hall–Kier alpha value is -2.37. The molecule has 0 aliphatic rings. The van der Waals surface area contributed by atoms with Crippen LogP contribution in [0.3, 0.4) is 0 Å². The molecular weight excluding hydrogens is 232 g/mol. The number of nitrogens with two attached hydrogens (primary N) is 1. The molecule has 6 nitrogen and oxygen atoms in total. The van der Waals surface area contributed by atoms with Gasteiger partial charge in [-0.1, -0.05) is 13.0 Å². The van der Waals surface area contributed by atoms with Gasteiger partial charge in [0.2, 0.25) is 0 Å². The number of nitro groups is 1. The first-order valence-electron chi connectivity index (χ1n) is 5.70. The van der Waals surface area contributed by atoms with Crippen molar-refractivity contribution in [1.29, 1.82) is 0 Å². The molecular formula is C12H14N4O2. The molecule has 94 valence electrons. The monoisotopic (exact) mass is 246 g/mol. The van der Waals surface area contributed by atoms with Gasteiger partial charge in [0.15, 0.2) is 0 Å². The van der Waals surface area contributed by atoms with E-state index in [9.17, 15) is 10.1 Å². The smallest absolute Gasteiger partial charge is 0.315 e. The summed E-state index contributed by atoms with van der Waals surface area (Å²) in [5.41, 5.74) is 6.22. The summed E-state index contributed by atoms with van der Waals surface area (Å²) in [6, 6.07) is 4.90. The van der Waals surface area contributed by atoms with Crippen LogP contribution in [0.4, 0.5) is 11.4 Å². The zero-order chi connectivity index (χ0) is 13.1. The van der Waals surface area contributed by atoms with Crippen LogP contribution in [0.25, 0.3) is 5.69 Å². The maximum absolute atomic E-state index is 11.1. The van der Waals surface area contributed by atoms with Gasteiger partial charge in [0.05, 0.1) is 4.92 Å². The number of aromatic nitrogens is 2. The van der Waals surface area contributed by atoms with Crippen LogP contribution in [-0.2, 0) is 6.42 Å². The van der Waals surface area contributed by atoms with Crippen molar-refractivity contribution in [2.45, 2.75) is 19.8 Å². The molecule has 0 unspecified atom stereocenters. The van der Waals surface area contributed by atoms with E-state index >= 15 is 0 Å². The highest BCUT2D eigenvalue weighted by atomic mass is 16.6. The van der Waals surface area contributed by atoms with E-state index < -0.39 is 4.92 Å². The third kappa shape index (κ3) is 2.04. The SMILES string of the molecule is CCCc1nccn1-c1cccc(N)c1[N+](=O)[O-]. The van der Waals surface area contributed by atoms with Crippen LogP contribution in [-0.4, -0.2) is 14.5 Å². The Bertz CT molecular complexity index is 577. The minimum atomic E-state index is -0.458. The van der Waals surface area contributed by atoms with Crippen LogP contribution < -0.4 is 5.73 Å². The maximum Gasteiger partial charge on any atom is 0.315 e. The molecule has 0 bridgehead atoms. The van der Waals surface area contributed by atoms with Crippen LogP contribution in [0, 0.1) is 10.1 Å². The van der Waals surface area contributed by atoms with Gasteiger partial charge in [-0.25, -0.2) is 4.98 Å². The van der Waals surface area contributed by atoms with Crippen molar-refractivity contribution < 1.29 is 4.92 Å². The fourth-order valence-electron chi connectivity index (χ4n) is 1.90. The summed E-state index contributed by atoms with van der Waals surface area (Å²) in [6.45, 7) is 2.03. The normalized spacial score (nSPS) is 10.5. The molecule has 0 saturated carbocycles. The topological polar surface area (TPSA) is 87.0 Å². The number of nitrogen functional groups attached to an aromatic ring is 1. The molecule has 18 heavy (non-hydrogen) atoms. The van der Waals surface area contributed by atoms with Gasteiger partial charge in [0.1, 0.15) is 17.2 Å². The van der Waals surface area contributed by atoms with Crippen LogP contribution in [0.2, 0.25) is 0 Å². The quantitative estimate of drug-likeness (QED) is 0.509. The Morgan fingerprint density at radius 3 is 2.94 bits per heavy atom. The van der Waals surface area contributed by atoms with E-state index in [2.05, 4.69) is 4.98 Å². The molecule has 2 rings (SSSR count). The highest BCUT2D eigenvalue weighted by molar-refractivity contribution is 5.69. The lowest BCUT2D eigenvalue weighted by atomic mass is 10.2. The predicted molar refractivity (Wildman–Crippen MR) is 68.6 cm³/mol. The summed E-state index contributed by atoms with van der Waals surface area (Å²) in [6.07, 6.45) is 5.04. The van der Waals surface area contributed by atoms with Gasteiger partial charge < -0.3 is 5.73 Å². The number of para-hydroxylation sites is 1. The van der Waals surface area contributed by atoms with Crippen LogP contribution in [0.1, 0.15) is 19.2 Å². The molecule has 1 heterocycles. The lowest BCUT2D eigenvalue weighted by Gasteiger charge is -2.09. The van der Waals surface area contributed by atoms with Crippen molar-refractivity contribution in [3.63, 3.8) is 0 Å². The van der Waals surface area contributed by atoms with Crippen molar-refractivity contribution in [3.8, 4) is 5.69 Å². The summed E-state index contributed by atoms with van der Waals surface area (Å²) in [4.78, 5) is 14.9. The van der Waals surface area contributed by atoms with Crippen molar-refractivity contribution in [2.24, 2.45) is 0 Å². The van der Waals surface area contributed by atoms with Gasteiger partial charge in [-0.05, 0) is 18.6 Å². The number of rotatable bonds is 4. The Balaban J connectivity index is 2.60. The van der Waals surface area contributed by atoms with E-state index in [1.54, 1.807) is 29.1 Å². The van der Waals surface area contributed by atoms with E-state index in [1.807, 2.05) is 6.92 Å². The van der Waals surface area contributed by atoms with Gasteiger partial charge in [0, 0.05) is 18.8 Å². The van der Waals surface area contributed by atoms with Crippen LogP contribution in [0.5, 0.6) is 0 Å². The summed E-state index contributed by atoms with van der Waals surface area (Å²) >= 11 is 0. The highest BCUT2D eigenvalue weighted by Gasteiger charge is 2.20. The van der Waals surface area contributed by atoms with E-state index in [4.69, 9.17) is 5.73 Å². The Labute approximate surface area is 104 Å². The first-order chi connectivity index (χ1) is 8.65. The lowest BCUT2D eigenvalue weighted by molar-refractivity contribution is -0.383. The molecule has 6 heteroatoms. The maximum atomic E-state index is 11.1. The predicted octanol–water partition coefficient (Wildman–Crippen LogP) is 2.32. The second-order valence-corrected chi connectivity index (χ2v) is 3.94. The minimum Gasteiger partial charge on any atom is -0.393 e. The Kier molecular flexibility index (Phi) is 3.27. The zero-order valence-corrected chi connectivity index (χ0v) is 10.0. The standard InChI is InChI=1S/C12H14N4O2/c1-2-4-11-14-7-8-15(11)10-6-3-5-9(13)12(10)16(17)18/h3,5-8H,2,4,13H2,1H3. The van der Waals surface area contributed by atoms with E-state index in [1.165, 1.54) is 6.07 Å². The van der Waals surface area contributed by atoms with Crippen molar-refractivity contribution in [3.05, 3.63) is 46.5 Å². The summed E-state index contributed by atoms with van der Waals surface area (Å²) in [5.74, 6) is 0.797. The molecule has 0 aliphatic carbocycles. The van der Waals surface area contributed by atoms with Crippen LogP contribution >= 0.6 is 0 Å². The fourth-order valence-corrected chi connectivity index (χ4v) is 1.90. The number of aryl methyl sites for hydroxylation is 1. The molecule has 0 spiro atoms. The average Bonchev–Trinajstić information content (AvgIpc) is 2.76. The largest absolute Gasteiger partial charge is 0.393 e. The zero-order valence-electron chi connectivity index (χ0n) is 10.0. The number of anilines is 1. The van der Waals surface area contributed by atoms with Gasteiger partial charge in [0.25, 0.3) is 0 Å². The molecule has 0 radical (unpaired) electrons. The number of imidazole rings is 1. The molecule has 2 aromatic rings. The summed E-state index contributed by atoms with van der Waals surface area (Å²) < 4.78 is 1.72. The number of nitro benzene ring substituents is 1. The highest BCUT2D eigenvalue weighted by Crippen LogP contribution is 2.29. The third-order valence-corrected chi connectivity index (χ3v) is 2.68. The van der Waals surface area contributed by atoms with Gasteiger partial charge >= 0.3 is 5.69 Å². The number of benzene rings is 1. The summed E-state index contributed by atoms with van der Waals surface area (Å²) in [5, 5.41) is 11.1. The number of hydrogen-bond donors (Lipinski definition) is 1. The second kappa shape index (κ2) is 4.87. The van der Waals surface area contributed by atoms with Crippen molar-refractivity contribution in [1.82, 2.24) is 9.55 Å². The van der Waals surface area contributed by atoms with Gasteiger partial charge in [-0.15, -0.1) is 0 Å². The fraction of sp³-hybridized carbons (Fsp3) is 0.250. The number of hydrogen-bond acceptors (Lipinski definition) is 4. The first-order valence-corrected chi connectivity index (χ1v) is 5.70. The number of nitrogens with zero attached hydrogens (tertiary/aromatic N) is 3. The Morgan fingerprint density at radius 1 is 1.50 bits per heavy atom. The van der Waals surface area contributed by atoms with Crippen LogP contribution in [0.15, 0.2) is 30.6 Å². The molecule has 0 atom stereocenters. The molecule has 1 aromatic carbocycles. The van der Waals surface area contributed by atoms with E-state index in [0.717, 1.165) is 18.7 Å². The van der Waals surface area contributed by atoms with E-state index in [0.29, 0.717) is 5.69 Å². The molecule has 1 aromatic heterocycles. The molecule has 0 saturated heterocycles. The lowest BCUT2D eigenvalue weighted by Crippen LogP contribution is -2.06. The molecule has 0 amide bonds. The minimum absolute atomic E-state index is 0.0761.